The quantitative estimate of drug-likeness (QED) is 0.810. The Kier molecular flexibility index (Phi) is 4.62. The largest absolute Gasteiger partial charge is 0.375 e. The van der Waals surface area contributed by atoms with Crippen LogP contribution >= 0.6 is 0 Å². The molecule has 0 aromatic rings. The molecule has 2 aliphatic rings. The normalized spacial score (nSPS) is 35.3. The van der Waals surface area contributed by atoms with Crippen LogP contribution in [0.1, 0.15) is 39.5 Å². The number of nitrogens with two attached hydrogens (primary N) is 1. The smallest absolute Gasteiger partial charge is 0.225 e. The molecule has 0 aromatic carbocycles. The molecule has 1 aliphatic carbocycles. The Morgan fingerprint density at radius 2 is 2.22 bits per heavy atom. The predicted octanol–water partition coefficient (Wildman–Crippen LogP) is 1.39. The Hall–Kier alpha value is -0.610. The Morgan fingerprint density at radius 1 is 1.44 bits per heavy atom. The van der Waals surface area contributed by atoms with Gasteiger partial charge in [0.25, 0.3) is 0 Å². The maximum Gasteiger partial charge on any atom is 0.225 e. The zero-order valence-corrected chi connectivity index (χ0v) is 11.6. The van der Waals surface area contributed by atoms with Gasteiger partial charge >= 0.3 is 0 Å². The van der Waals surface area contributed by atoms with Crippen molar-refractivity contribution in [1.29, 1.82) is 0 Å². The molecule has 0 spiro atoms. The van der Waals surface area contributed by atoms with Gasteiger partial charge in [0.05, 0.1) is 12.7 Å². The highest BCUT2D eigenvalue weighted by Gasteiger charge is 2.32. The van der Waals surface area contributed by atoms with Crippen LogP contribution in [0.15, 0.2) is 0 Å². The standard InChI is InChI=1S/C14H26N2O2/c1-10-9-16(6-7-18-10)14(17)11(2)12-4-3-5-13(15)8-12/h10-13H,3-9,15H2,1-2H3. The molecule has 1 amide bonds. The van der Waals surface area contributed by atoms with Gasteiger partial charge in [-0.05, 0) is 32.1 Å². The number of hydrogen-bond acceptors (Lipinski definition) is 3. The first-order valence-corrected chi connectivity index (χ1v) is 7.24. The van der Waals surface area contributed by atoms with Gasteiger partial charge in [-0.15, -0.1) is 0 Å². The van der Waals surface area contributed by atoms with Crippen LogP contribution in [0, 0.1) is 11.8 Å². The van der Waals surface area contributed by atoms with E-state index in [1.807, 2.05) is 11.8 Å². The van der Waals surface area contributed by atoms with Gasteiger partial charge in [-0.1, -0.05) is 13.3 Å². The minimum atomic E-state index is 0.113. The SMILES string of the molecule is CC1CN(C(=O)C(C)C2CCCC(N)C2)CCO1. The van der Waals surface area contributed by atoms with E-state index < -0.39 is 0 Å². The van der Waals surface area contributed by atoms with E-state index >= 15 is 0 Å². The molecule has 18 heavy (non-hydrogen) atoms. The summed E-state index contributed by atoms with van der Waals surface area (Å²) in [6, 6.07) is 0.294. The summed E-state index contributed by atoms with van der Waals surface area (Å²) >= 11 is 0. The number of nitrogens with zero attached hydrogens (tertiary/aromatic N) is 1. The lowest BCUT2D eigenvalue weighted by Gasteiger charge is -2.36. The second kappa shape index (κ2) is 6.02. The first-order valence-electron chi connectivity index (χ1n) is 7.24. The first-order chi connectivity index (χ1) is 8.58. The molecule has 1 heterocycles. The van der Waals surface area contributed by atoms with Crippen molar-refractivity contribution in [3.05, 3.63) is 0 Å². The maximum absolute atomic E-state index is 12.5. The third kappa shape index (κ3) is 3.23. The van der Waals surface area contributed by atoms with Crippen molar-refractivity contribution in [2.24, 2.45) is 17.6 Å². The van der Waals surface area contributed by atoms with Crippen molar-refractivity contribution in [3.63, 3.8) is 0 Å². The predicted molar refractivity (Wildman–Crippen MR) is 71.1 cm³/mol. The number of amides is 1. The van der Waals surface area contributed by atoms with Crippen molar-refractivity contribution < 1.29 is 9.53 Å². The molecular weight excluding hydrogens is 228 g/mol. The van der Waals surface area contributed by atoms with Crippen LogP contribution in [0.3, 0.4) is 0 Å². The number of ether oxygens (including phenoxy) is 1. The molecular formula is C14H26N2O2. The van der Waals surface area contributed by atoms with E-state index in [0.29, 0.717) is 24.5 Å². The van der Waals surface area contributed by atoms with E-state index in [0.717, 1.165) is 32.4 Å². The zero-order chi connectivity index (χ0) is 13.1. The Labute approximate surface area is 110 Å². The molecule has 4 atom stereocenters. The minimum absolute atomic E-state index is 0.113. The molecule has 0 bridgehead atoms. The second-order valence-electron chi connectivity index (χ2n) is 5.94. The summed E-state index contributed by atoms with van der Waals surface area (Å²) in [5, 5.41) is 0. The highest BCUT2D eigenvalue weighted by molar-refractivity contribution is 5.79. The highest BCUT2D eigenvalue weighted by Crippen LogP contribution is 2.30. The second-order valence-corrected chi connectivity index (χ2v) is 5.94. The van der Waals surface area contributed by atoms with Gasteiger partial charge in [0.1, 0.15) is 0 Å². The third-order valence-electron chi connectivity index (χ3n) is 4.40. The molecule has 2 rings (SSSR count). The van der Waals surface area contributed by atoms with Crippen LogP contribution in [0.25, 0.3) is 0 Å². The number of rotatable bonds is 2. The highest BCUT2D eigenvalue weighted by atomic mass is 16.5. The molecule has 1 aliphatic heterocycles. The summed E-state index contributed by atoms with van der Waals surface area (Å²) in [5.41, 5.74) is 6.02. The Morgan fingerprint density at radius 3 is 2.89 bits per heavy atom. The number of carbonyl (C=O) groups excluding carboxylic acids is 1. The van der Waals surface area contributed by atoms with E-state index in [-0.39, 0.29) is 12.0 Å². The van der Waals surface area contributed by atoms with E-state index in [1.54, 1.807) is 0 Å². The first kappa shape index (κ1) is 13.8. The van der Waals surface area contributed by atoms with Crippen LogP contribution in [-0.4, -0.2) is 42.6 Å². The van der Waals surface area contributed by atoms with Gasteiger partial charge in [-0.25, -0.2) is 0 Å². The molecule has 0 aromatic heterocycles. The molecule has 104 valence electrons. The Balaban J connectivity index is 1.91. The molecule has 2 fully saturated rings. The molecule has 4 nitrogen and oxygen atoms in total. The average molecular weight is 254 g/mol. The van der Waals surface area contributed by atoms with Crippen LogP contribution in [-0.2, 0) is 9.53 Å². The monoisotopic (exact) mass is 254 g/mol. The van der Waals surface area contributed by atoms with E-state index in [9.17, 15) is 4.79 Å². The lowest BCUT2D eigenvalue weighted by Crippen LogP contribution is -2.48. The van der Waals surface area contributed by atoms with Crippen LogP contribution in [0.4, 0.5) is 0 Å². The fourth-order valence-corrected chi connectivity index (χ4v) is 3.23. The molecule has 1 saturated carbocycles. The maximum atomic E-state index is 12.5. The summed E-state index contributed by atoms with van der Waals surface area (Å²) in [6.07, 6.45) is 4.62. The molecule has 4 heteroatoms. The molecule has 4 unspecified atom stereocenters. The van der Waals surface area contributed by atoms with Crippen molar-refractivity contribution >= 4 is 5.91 Å². The summed E-state index contributed by atoms with van der Waals surface area (Å²) in [7, 11) is 0. The number of morpholine rings is 1. The van der Waals surface area contributed by atoms with Crippen molar-refractivity contribution in [2.75, 3.05) is 19.7 Å². The molecule has 0 radical (unpaired) electrons. The van der Waals surface area contributed by atoms with Gasteiger partial charge in [-0.2, -0.15) is 0 Å². The third-order valence-corrected chi connectivity index (χ3v) is 4.40. The summed E-state index contributed by atoms with van der Waals surface area (Å²) in [4.78, 5) is 14.5. The van der Waals surface area contributed by atoms with Crippen molar-refractivity contribution in [3.8, 4) is 0 Å². The lowest BCUT2D eigenvalue weighted by molar-refractivity contribution is -0.144. The van der Waals surface area contributed by atoms with E-state index in [1.165, 1.54) is 6.42 Å². The zero-order valence-electron chi connectivity index (χ0n) is 11.6. The molecule has 1 saturated heterocycles. The minimum Gasteiger partial charge on any atom is -0.375 e. The Bertz CT molecular complexity index is 296. The molecule has 2 N–H and O–H groups in total. The fraction of sp³-hybridized carbons (Fsp3) is 0.929. The average Bonchev–Trinajstić information content (AvgIpc) is 2.37. The van der Waals surface area contributed by atoms with Crippen molar-refractivity contribution in [1.82, 2.24) is 4.90 Å². The van der Waals surface area contributed by atoms with Crippen LogP contribution < -0.4 is 5.73 Å². The van der Waals surface area contributed by atoms with E-state index in [4.69, 9.17) is 10.5 Å². The lowest BCUT2D eigenvalue weighted by atomic mass is 9.78. The van der Waals surface area contributed by atoms with Gasteiger partial charge in [0, 0.05) is 25.0 Å². The topological polar surface area (TPSA) is 55.6 Å². The van der Waals surface area contributed by atoms with Gasteiger partial charge in [0.15, 0.2) is 0 Å². The summed E-state index contributed by atoms with van der Waals surface area (Å²) in [5.74, 6) is 0.880. The number of hydrogen-bond donors (Lipinski definition) is 1. The van der Waals surface area contributed by atoms with Crippen LogP contribution in [0.2, 0.25) is 0 Å². The van der Waals surface area contributed by atoms with E-state index in [2.05, 4.69) is 6.92 Å². The summed E-state index contributed by atoms with van der Waals surface area (Å²) < 4.78 is 5.49. The number of carbonyl (C=O) groups is 1. The van der Waals surface area contributed by atoms with Gasteiger partial charge in [-0.3, -0.25) is 4.79 Å². The van der Waals surface area contributed by atoms with Crippen LogP contribution in [0.5, 0.6) is 0 Å². The van der Waals surface area contributed by atoms with Crippen molar-refractivity contribution in [2.45, 2.75) is 51.7 Å². The van der Waals surface area contributed by atoms with Gasteiger partial charge < -0.3 is 15.4 Å². The fourth-order valence-electron chi connectivity index (χ4n) is 3.23. The summed E-state index contributed by atoms with van der Waals surface area (Å²) in [6.45, 7) is 6.25. The van der Waals surface area contributed by atoms with Gasteiger partial charge in [0.2, 0.25) is 5.91 Å².